The summed E-state index contributed by atoms with van der Waals surface area (Å²) in [5.74, 6) is -0.415. The van der Waals surface area contributed by atoms with Gasteiger partial charge in [0.15, 0.2) is 0 Å². The number of hydrogen-bond acceptors (Lipinski definition) is 4. The molecule has 0 N–H and O–H groups in total. The highest BCUT2D eigenvalue weighted by Crippen LogP contribution is 2.37. The number of amides is 1. The molecule has 1 aromatic rings. The molecular formula is C19H26FNO4. The summed E-state index contributed by atoms with van der Waals surface area (Å²) in [6.07, 6.45) is -0.0112. The first kappa shape index (κ1) is 19.2. The maximum atomic E-state index is 15.3. The van der Waals surface area contributed by atoms with Crippen LogP contribution in [-0.4, -0.2) is 42.3 Å². The van der Waals surface area contributed by atoms with E-state index < -0.39 is 23.3 Å². The average molecular weight is 351 g/mol. The van der Waals surface area contributed by atoms with E-state index in [2.05, 4.69) is 0 Å². The highest BCUT2D eigenvalue weighted by Gasteiger charge is 2.38. The number of halogens is 1. The van der Waals surface area contributed by atoms with Crippen molar-refractivity contribution in [1.82, 2.24) is 4.90 Å². The quantitative estimate of drug-likeness (QED) is 0.771. The second-order valence-corrected chi connectivity index (χ2v) is 7.23. The Labute approximate surface area is 148 Å². The summed E-state index contributed by atoms with van der Waals surface area (Å²) in [4.78, 5) is 25.3. The van der Waals surface area contributed by atoms with Crippen LogP contribution in [0.25, 0.3) is 0 Å². The van der Waals surface area contributed by atoms with Crippen LogP contribution in [0.3, 0.4) is 0 Å². The molecule has 1 heterocycles. The van der Waals surface area contributed by atoms with Crippen LogP contribution < -0.4 is 0 Å². The molecule has 0 spiro atoms. The minimum atomic E-state index is -1.51. The van der Waals surface area contributed by atoms with Crippen molar-refractivity contribution in [2.45, 2.75) is 51.8 Å². The smallest absolute Gasteiger partial charge is 0.410 e. The number of esters is 1. The number of rotatable bonds is 3. The number of benzene rings is 1. The summed E-state index contributed by atoms with van der Waals surface area (Å²) in [6, 6.07) is 6.40. The number of carbonyl (C=O) groups is 2. The first-order chi connectivity index (χ1) is 11.6. The molecule has 1 aromatic carbocycles. The van der Waals surface area contributed by atoms with Gasteiger partial charge >= 0.3 is 12.1 Å². The molecule has 1 fully saturated rings. The van der Waals surface area contributed by atoms with Crippen LogP contribution in [0.4, 0.5) is 9.18 Å². The Hall–Kier alpha value is -2.11. The summed E-state index contributed by atoms with van der Waals surface area (Å²) in [5, 5.41) is 0. The number of carbonyl (C=O) groups excluding carboxylic acids is 2. The normalized spacial score (nSPS) is 17.1. The molecule has 0 bridgehead atoms. The number of likely N-dealkylation sites (tertiary alicyclic amines) is 1. The Kier molecular flexibility index (Phi) is 5.70. The monoisotopic (exact) mass is 351 g/mol. The third-order valence-electron chi connectivity index (χ3n) is 4.12. The fraction of sp³-hybridized carbons (Fsp3) is 0.579. The molecule has 0 aliphatic carbocycles. The molecule has 5 nitrogen and oxygen atoms in total. The first-order valence-corrected chi connectivity index (χ1v) is 8.59. The fourth-order valence-electron chi connectivity index (χ4n) is 2.78. The van der Waals surface area contributed by atoms with Crippen molar-refractivity contribution in [1.29, 1.82) is 0 Å². The van der Waals surface area contributed by atoms with Gasteiger partial charge in [0.2, 0.25) is 0 Å². The fourth-order valence-corrected chi connectivity index (χ4v) is 2.78. The van der Waals surface area contributed by atoms with Gasteiger partial charge in [-0.3, -0.25) is 0 Å². The summed E-state index contributed by atoms with van der Waals surface area (Å²) in [7, 11) is 0. The summed E-state index contributed by atoms with van der Waals surface area (Å²) in [6.45, 7) is 8.05. The SMILES string of the molecule is CCOC(=O)c1ccc(C2(F)CCN(C(=O)OC(C)(C)C)CC2)cc1. The lowest BCUT2D eigenvalue weighted by Crippen LogP contribution is -2.45. The van der Waals surface area contributed by atoms with Crippen LogP contribution in [0.15, 0.2) is 24.3 Å². The van der Waals surface area contributed by atoms with Crippen molar-refractivity contribution < 1.29 is 23.5 Å². The summed E-state index contributed by atoms with van der Waals surface area (Å²) >= 11 is 0. The maximum Gasteiger partial charge on any atom is 0.410 e. The largest absolute Gasteiger partial charge is 0.462 e. The van der Waals surface area contributed by atoms with Gasteiger partial charge in [-0.25, -0.2) is 14.0 Å². The molecule has 0 saturated carbocycles. The third-order valence-corrected chi connectivity index (χ3v) is 4.12. The van der Waals surface area contributed by atoms with Crippen LogP contribution >= 0.6 is 0 Å². The van der Waals surface area contributed by atoms with E-state index in [1.165, 1.54) is 4.90 Å². The lowest BCUT2D eigenvalue weighted by atomic mass is 9.86. The highest BCUT2D eigenvalue weighted by atomic mass is 19.1. The second-order valence-electron chi connectivity index (χ2n) is 7.23. The van der Waals surface area contributed by atoms with E-state index >= 15 is 4.39 Å². The number of ether oxygens (including phenoxy) is 2. The van der Waals surface area contributed by atoms with Gasteiger partial charge in [-0.2, -0.15) is 0 Å². The van der Waals surface area contributed by atoms with Gasteiger partial charge in [0, 0.05) is 25.9 Å². The zero-order chi connectivity index (χ0) is 18.7. The second kappa shape index (κ2) is 7.42. The van der Waals surface area contributed by atoms with Crippen molar-refractivity contribution in [3.63, 3.8) is 0 Å². The molecule has 0 unspecified atom stereocenters. The summed E-state index contributed by atoms with van der Waals surface area (Å²) in [5.41, 5.74) is -1.15. The number of hydrogen-bond donors (Lipinski definition) is 0. The molecule has 1 aliphatic heterocycles. The van der Waals surface area contributed by atoms with Crippen LogP contribution in [0, 0.1) is 0 Å². The van der Waals surface area contributed by atoms with Crippen molar-refractivity contribution in [2.24, 2.45) is 0 Å². The van der Waals surface area contributed by atoms with Gasteiger partial charge in [-0.1, -0.05) is 12.1 Å². The topological polar surface area (TPSA) is 55.8 Å². The first-order valence-electron chi connectivity index (χ1n) is 8.59. The molecule has 1 aliphatic rings. The maximum absolute atomic E-state index is 15.3. The van der Waals surface area contributed by atoms with Gasteiger partial charge in [0.05, 0.1) is 12.2 Å². The molecule has 0 aromatic heterocycles. The Morgan fingerprint density at radius 1 is 1.16 bits per heavy atom. The lowest BCUT2D eigenvalue weighted by molar-refractivity contribution is 0.00215. The minimum absolute atomic E-state index is 0.199. The highest BCUT2D eigenvalue weighted by molar-refractivity contribution is 5.89. The van der Waals surface area contributed by atoms with E-state index in [1.54, 1.807) is 52.0 Å². The Bertz CT molecular complexity index is 613. The summed E-state index contributed by atoms with van der Waals surface area (Å²) < 4.78 is 25.5. The number of piperidine rings is 1. The van der Waals surface area contributed by atoms with E-state index in [4.69, 9.17) is 9.47 Å². The molecule has 1 saturated heterocycles. The van der Waals surface area contributed by atoms with Gasteiger partial charge in [-0.05, 0) is 45.4 Å². The van der Waals surface area contributed by atoms with E-state index in [0.717, 1.165) is 0 Å². The molecule has 0 atom stereocenters. The van der Waals surface area contributed by atoms with Gasteiger partial charge < -0.3 is 14.4 Å². The van der Waals surface area contributed by atoms with Crippen LogP contribution in [0.2, 0.25) is 0 Å². The molecule has 2 rings (SSSR count). The molecule has 25 heavy (non-hydrogen) atoms. The zero-order valence-electron chi connectivity index (χ0n) is 15.3. The predicted molar refractivity (Wildman–Crippen MR) is 92.2 cm³/mol. The van der Waals surface area contributed by atoms with Crippen molar-refractivity contribution >= 4 is 12.1 Å². The molecule has 1 amide bonds. The van der Waals surface area contributed by atoms with E-state index in [9.17, 15) is 9.59 Å². The van der Waals surface area contributed by atoms with Crippen LogP contribution in [0.1, 0.15) is 56.5 Å². The minimum Gasteiger partial charge on any atom is -0.462 e. The molecule has 138 valence electrons. The van der Waals surface area contributed by atoms with Gasteiger partial charge in [0.25, 0.3) is 0 Å². The van der Waals surface area contributed by atoms with E-state index in [-0.39, 0.29) is 12.8 Å². The zero-order valence-corrected chi connectivity index (χ0v) is 15.3. The van der Waals surface area contributed by atoms with E-state index in [0.29, 0.717) is 30.8 Å². The standard InChI is InChI=1S/C19H26FNO4/c1-5-24-16(22)14-6-8-15(9-7-14)19(20)10-12-21(13-11-19)17(23)25-18(2,3)4/h6-9H,5,10-13H2,1-4H3. The molecular weight excluding hydrogens is 325 g/mol. The van der Waals surface area contributed by atoms with Crippen LogP contribution in [-0.2, 0) is 15.1 Å². The van der Waals surface area contributed by atoms with Crippen LogP contribution in [0.5, 0.6) is 0 Å². The molecule has 0 radical (unpaired) electrons. The Morgan fingerprint density at radius 2 is 1.72 bits per heavy atom. The van der Waals surface area contributed by atoms with Crippen molar-refractivity contribution in [3.8, 4) is 0 Å². The predicted octanol–water partition coefficient (Wildman–Crippen LogP) is 4.06. The lowest BCUT2D eigenvalue weighted by Gasteiger charge is -2.37. The Balaban J connectivity index is 2.00. The Morgan fingerprint density at radius 3 is 2.20 bits per heavy atom. The average Bonchev–Trinajstić information content (AvgIpc) is 2.54. The number of nitrogens with zero attached hydrogens (tertiary/aromatic N) is 1. The van der Waals surface area contributed by atoms with Crippen molar-refractivity contribution in [2.75, 3.05) is 19.7 Å². The van der Waals surface area contributed by atoms with Gasteiger partial charge in [-0.15, -0.1) is 0 Å². The molecule has 6 heteroatoms. The van der Waals surface area contributed by atoms with Crippen molar-refractivity contribution in [3.05, 3.63) is 35.4 Å². The number of alkyl halides is 1. The van der Waals surface area contributed by atoms with E-state index in [1.807, 2.05) is 0 Å². The third kappa shape index (κ3) is 4.94. The van der Waals surface area contributed by atoms with Gasteiger partial charge in [0.1, 0.15) is 11.3 Å².